The first-order chi connectivity index (χ1) is 19.8. The maximum absolute atomic E-state index is 5.08. The fourth-order valence-electron chi connectivity index (χ4n) is 5.42. The lowest BCUT2D eigenvalue weighted by atomic mass is 10.1. The van der Waals surface area contributed by atoms with Crippen LogP contribution in [-0.2, 0) is 0 Å². The second kappa shape index (κ2) is 8.99. The molecular weight excluding hydrogens is 492 g/mol. The third kappa shape index (κ3) is 3.58. The highest BCUT2D eigenvalue weighted by molar-refractivity contribution is 6.21. The minimum absolute atomic E-state index is 0.788. The lowest BCUT2D eigenvalue weighted by molar-refractivity contribution is 1.30. The van der Waals surface area contributed by atoms with Gasteiger partial charge >= 0.3 is 0 Å². The number of pyridine rings is 2. The van der Waals surface area contributed by atoms with E-state index >= 15 is 0 Å². The largest absolute Gasteiger partial charge is 0.337 e. The van der Waals surface area contributed by atoms with Crippen LogP contribution in [0.2, 0.25) is 0 Å². The van der Waals surface area contributed by atoms with E-state index in [0.717, 1.165) is 78.1 Å². The summed E-state index contributed by atoms with van der Waals surface area (Å²) in [7, 11) is 0. The molecule has 0 aliphatic heterocycles. The van der Waals surface area contributed by atoms with Gasteiger partial charge in [0, 0.05) is 45.4 Å². The van der Waals surface area contributed by atoms with Crippen molar-refractivity contribution in [2.45, 2.75) is 0 Å². The van der Waals surface area contributed by atoms with E-state index in [1.807, 2.05) is 54.6 Å². The van der Waals surface area contributed by atoms with Crippen LogP contribution in [0.4, 0.5) is 0 Å². The molecular formula is C34H22N6. The van der Waals surface area contributed by atoms with Crippen LogP contribution in [0.1, 0.15) is 0 Å². The van der Waals surface area contributed by atoms with E-state index in [0.29, 0.717) is 0 Å². The molecule has 0 spiro atoms. The molecule has 0 fully saturated rings. The number of benzene rings is 4. The third-order valence-electron chi connectivity index (χ3n) is 7.29. The lowest BCUT2D eigenvalue weighted by Crippen LogP contribution is -1.86. The van der Waals surface area contributed by atoms with Gasteiger partial charge in [0.15, 0.2) is 0 Å². The van der Waals surface area contributed by atoms with Gasteiger partial charge < -0.3 is 9.97 Å². The van der Waals surface area contributed by atoms with Crippen LogP contribution in [0, 0.1) is 0 Å². The summed E-state index contributed by atoms with van der Waals surface area (Å²) in [6.45, 7) is 0. The predicted molar refractivity (Wildman–Crippen MR) is 161 cm³/mol. The second-order valence-electron chi connectivity index (χ2n) is 9.73. The van der Waals surface area contributed by atoms with E-state index in [1.165, 1.54) is 0 Å². The quantitative estimate of drug-likeness (QED) is 0.233. The Labute approximate surface area is 229 Å². The number of H-pyrrole nitrogens is 2. The molecule has 0 saturated heterocycles. The molecule has 0 unspecified atom stereocenters. The Hall–Kier alpha value is -5.62. The van der Waals surface area contributed by atoms with Gasteiger partial charge in [-0.25, -0.2) is 9.97 Å². The maximum atomic E-state index is 5.08. The molecule has 6 heteroatoms. The van der Waals surface area contributed by atoms with Crippen molar-refractivity contribution < 1.29 is 0 Å². The number of fused-ring (bicyclic) bond motifs is 6. The van der Waals surface area contributed by atoms with Crippen LogP contribution in [0.5, 0.6) is 0 Å². The molecule has 0 amide bonds. The van der Waals surface area contributed by atoms with E-state index in [1.54, 1.807) is 12.4 Å². The molecule has 0 radical (unpaired) electrons. The Bertz CT molecular complexity index is 2030. The number of imidazole rings is 2. The van der Waals surface area contributed by atoms with Crippen molar-refractivity contribution in [3.63, 3.8) is 0 Å². The number of aromatic nitrogens is 6. The fourth-order valence-corrected chi connectivity index (χ4v) is 5.42. The van der Waals surface area contributed by atoms with E-state index in [9.17, 15) is 0 Å². The summed E-state index contributed by atoms with van der Waals surface area (Å²) in [6, 6.07) is 36.9. The van der Waals surface area contributed by atoms with Crippen molar-refractivity contribution >= 4 is 32.8 Å². The molecule has 0 aliphatic carbocycles. The van der Waals surface area contributed by atoms with Crippen LogP contribution in [0.15, 0.2) is 122 Å². The standard InChI is InChI=1S/C34H22N6/c1-3-10-21(11-4-1)27-28(22-12-5-2-6-13-22)38-33(37-27)23-14-7-15-24(20-23)34-39-31-25-16-8-18-35-29(25)30-26(32(31)40-34)17-9-19-36-30/h1-20H,(H,37,38)(H,39,40). The Morgan fingerprint density at radius 1 is 0.450 bits per heavy atom. The maximum Gasteiger partial charge on any atom is 0.138 e. The molecule has 0 atom stereocenters. The minimum atomic E-state index is 0.788. The number of nitrogens with zero attached hydrogens (tertiary/aromatic N) is 4. The van der Waals surface area contributed by atoms with E-state index in [-0.39, 0.29) is 0 Å². The summed E-state index contributed by atoms with van der Waals surface area (Å²) < 4.78 is 0. The van der Waals surface area contributed by atoms with Crippen molar-refractivity contribution in [2.24, 2.45) is 0 Å². The number of hydrogen-bond acceptors (Lipinski definition) is 4. The molecule has 4 aromatic carbocycles. The van der Waals surface area contributed by atoms with Gasteiger partial charge in [-0.1, -0.05) is 78.9 Å². The Morgan fingerprint density at radius 3 is 1.77 bits per heavy atom. The number of nitrogens with one attached hydrogen (secondary N) is 2. The van der Waals surface area contributed by atoms with Gasteiger partial charge in [-0.3, -0.25) is 9.97 Å². The van der Waals surface area contributed by atoms with Crippen molar-refractivity contribution in [2.75, 3.05) is 0 Å². The van der Waals surface area contributed by atoms with Gasteiger partial charge in [0.05, 0.1) is 33.5 Å². The van der Waals surface area contributed by atoms with Crippen molar-refractivity contribution in [3.05, 3.63) is 122 Å². The Kier molecular flexibility index (Phi) is 5.03. The zero-order valence-corrected chi connectivity index (χ0v) is 21.3. The average molecular weight is 515 g/mol. The van der Waals surface area contributed by atoms with E-state index < -0.39 is 0 Å². The molecule has 0 saturated carbocycles. The van der Waals surface area contributed by atoms with Crippen molar-refractivity contribution in [3.8, 4) is 45.3 Å². The first kappa shape index (κ1) is 22.4. The smallest absolute Gasteiger partial charge is 0.138 e. The predicted octanol–water partition coefficient (Wildman–Crippen LogP) is 8.05. The first-order valence-corrected chi connectivity index (χ1v) is 13.2. The Morgan fingerprint density at radius 2 is 1.05 bits per heavy atom. The summed E-state index contributed by atoms with van der Waals surface area (Å²) in [5.74, 6) is 1.59. The normalized spacial score (nSPS) is 11.5. The lowest BCUT2D eigenvalue weighted by Gasteiger charge is -2.03. The molecule has 2 N–H and O–H groups in total. The summed E-state index contributed by atoms with van der Waals surface area (Å²) in [6.07, 6.45) is 3.61. The SMILES string of the molecule is c1ccc(-c2nc(-c3cccc(-c4nc5c6cccnc6c6ncccc6c5[nH]4)c3)[nH]c2-c2ccccc2)cc1. The molecule has 188 valence electrons. The summed E-state index contributed by atoms with van der Waals surface area (Å²) >= 11 is 0. The number of hydrogen-bond donors (Lipinski definition) is 2. The minimum Gasteiger partial charge on any atom is -0.337 e. The summed E-state index contributed by atoms with van der Waals surface area (Å²) in [5, 5.41) is 1.98. The number of rotatable bonds is 4. The van der Waals surface area contributed by atoms with Gasteiger partial charge in [0.25, 0.3) is 0 Å². The highest BCUT2D eigenvalue weighted by atomic mass is 14.9. The van der Waals surface area contributed by atoms with Crippen LogP contribution in [0.3, 0.4) is 0 Å². The molecule has 4 aromatic heterocycles. The summed E-state index contributed by atoms with van der Waals surface area (Å²) in [5.41, 5.74) is 9.61. The monoisotopic (exact) mass is 514 g/mol. The van der Waals surface area contributed by atoms with E-state index in [4.69, 9.17) is 9.97 Å². The van der Waals surface area contributed by atoms with E-state index in [2.05, 4.69) is 74.5 Å². The highest BCUT2D eigenvalue weighted by Crippen LogP contribution is 2.36. The molecule has 8 aromatic rings. The van der Waals surface area contributed by atoms with Gasteiger partial charge in [-0.15, -0.1) is 0 Å². The highest BCUT2D eigenvalue weighted by Gasteiger charge is 2.18. The molecule has 8 rings (SSSR count). The second-order valence-corrected chi connectivity index (χ2v) is 9.73. The van der Waals surface area contributed by atoms with Gasteiger partial charge in [0.1, 0.15) is 11.6 Å². The molecule has 4 heterocycles. The Balaban J connectivity index is 1.29. The zero-order chi connectivity index (χ0) is 26.5. The van der Waals surface area contributed by atoms with Crippen molar-refractivity contribution in [1.29, 1.82) is 0 Å². The molecule has 0 aliphatic rings. The third-order valence-corrected chi connectivity index (χ3v) is 7.29. The average Bonchev–Trinajstić information content (AvgIpc) is 3.69. The van der Waals surface area contributed by atoms with Crippen molar-refractivity contribution in [1.82, 2.24) is 29.9 Å². The van der Waals surface area contributed by atoms with Crippen LogP contribution in [-0.4, -0.2) is 29.9 Å². The molecule has 40 heavy (non-hydrogen) atoms. The van der Waals surface area contributed by atoms with Crippen LogP contribution >= 0.6 is 0 Å². The zero-order valence-electron chi connectivity index (χ0n) is 21.3. The topological polar surface area (TPSA) is 83.1 Å². The van der Waals surface area contributed by atoms with Crippen LogP contribution < -0.4 is 0 Å². The molecule has 0 bridgehead atoms. The van der Waals surface area contributed by atoms with Crippen LogP contribution in [0.25, 0.3) is 78.1 Å². The van der Waals surface area contributed by atoms with Gasteiger partial charge in [0.2, 0.25) is 0 Å². The van der Waals surface area contributed by atoms with Gasteiger partial charge in [-0.2, -0.15) is 0 Å². The number of aromatic amines is 2. The molecule has 6 nitrogen and oxygen atoms in total. The first-order valence-electron chi connectivity index (χ1n) is 13.2. The van der Waals surface area contributed by atoms with Gasteiger partial charge in [-0.05, 0) is 30.3 Å². The summed E-state index contributed by atoms with van der Waals surface area (Å²) in [4.78, 5) is 26.6. The fraction of sp³-hybridized carbons (Fsp3) is 0.